The molecule has 0 bridgehead atoms. The Morgan fingerprint density at radius 2 is 1.55 bits per heavy atom. The number of imide groups is 1. The number of benzene rings is 2. The van der Waals surface area contributed by atoms with E-state index in [0.29, 0.717) is 12.0 Å². The molecule has 2 aromatic carbocycles. The normalized spacial score (nSPS) is 14.6. The van der Waals surface area contributed by atoms with Gasteiger partial charge >= 0.3 is 6.36 Å². The minimum Gasteiger partial charge on any atom is -0.406 e. The van der Waals surface area contributed by atoms with Crippen molar-refractivity contribution in [3.63, 3.8) is 0 Å². The third-order valence-corrected chi connectivity index (χ3v) is 4.87. The molecular formula is C22H21F3N2O4. The minimum atomic E-state index is -4.76. The summed E-state index contributed by atoms with van der Waals surface area (Å²) in [6.45, 7) is 3.67. The molecule has 164 valence electrons. The molecule has 1 aliphatic rings. The van der Waals surface area contributed by atoms with E-state index in [1.165, 1.54) is 24.3 Å². The maximum Gasteiger partial charge on any atom is 0.573 e. The van der Waals surface area contributed by atoms with E-state index in [1.54, 1.807) is 38.1 Å². The minimum absolute atomic E-state index is 0.185. The van der Waals surface area contributed by atoms with Crippen LogP contribution in [0.15, 0.2) is 48.5 Å². The van der Waals surface area contributed by atoms with E-state index in [4.69, 9.17) is 0 Å². The molecule has 31 heavy (non-hydrogen) atoms. The van der Waals surface area contributed by atoms with E-state index < -0.39 is 30.1 Å². The van der Waals surface area contributed by atoms with Crippen LogP contribution in [0.2, 0.25) is 0 Å². The molecule has 1 atom stereocenters. The third kappa shape index (κ3) is 5.04. The number of carbonyl (C=O) groups excluding carboxylic acids is 3. The first-order chi connectivity index (χ1) is 14.6. The van der Waals surface area contributed by atoms with Crippen molar-refractivity contribution in [2.24, 2.45) is 5.92 Å². The number of alkyl halides is 3. The fraction of sp³-hybridized carbons (Fsp3) is 0.318. The van der Waals surface area contributed by atoms with Gasteiger partial charge in [-0.3, -0.25) is 19.3 Å². The molecule has 2 aromatic rings. The van der Waals surface area contributed by atoms with E-state index in [-0.39, 0.29) is 29.3 Å². The van der Waals surface area contributed by atoms with Crippen LogP contribution in [0.3, 0.4) is 0 Å². The fourth-order valence-corrected chi connectivity index (χ4v) is 3.47. The van der Waals surface area contributed by atoms with Gasteiger partial charge in [-0.25, -0.2) is 0 Å². The van der Waals surface area contributed by atoms with Gasteiger partial charge in [0.1, 0.15) is 11.8 Å². The second kappa shape index (κ2) is 8.79. The Labute approximate surface area is 177 Å². The number of carbonyl (C=O) groups is 3. The quantitative estimate of drug-likeness (QED) is 0.677. The van der Waals surface area contributed by atoms with Crippen molar-refractivity contribution in [1.29, 1.82) is 0 Å². The highest BCUT2D eigenvalue weighted by Crippen LogP contribution is 2.27. The van der Waals surface area contributed by atoms with Gasteiger partial charge in [0.15, 0.2) is 0 Å². The first-order valence-electron chi connectivity index (χ1n) is 9.68. The van der Waals surface area contributed by atoms with Crippen molar-refractivity contribution in [1.82, 2.24) is 10.2 Å². The first-order valence-corrected chi connectivity index (χ1v) is 9.68. The molecule has 1 aliphatic heterocycles. The Morgan fingerprint density at radius 3 is 2.03 bits per heavy atom. The van der Waals surface area contributed by atoms with E-state index >= 15 is 0 Å². The third-order valence-electron chi connectivity index (χ3n) is 4.87. The van der Waals surface area contributed by atoms with Crippen LogP contribution in [-0.2, 0) is 11.2 Å². The molecule has 0 fully saturated rings. The smallest absolute Gasteiger partial charge is 0.406 e. The molecule has 0 saturated heterocycles. The highest BCUT2D eigenvalue weighted by atomic mass is 19.4. The number of hydrogen-bond acceptors (Lipinski definition) is 4. The molecule has 0 saturated carbocycles. The Kier molecular flexibility index (Phi) is 6.33. The predicted octanol–water partition coefficient (Wildman–Crippen LogP) is 3.56. The number of halogens is 3. The Hall–Kier alpha value is -3.36. The van der Waals surface area contributed by atoms with Crippen molar-refractivity contribution >= 4 is 17.7 Å². The van der Waals surface area contributed by atoms with Crippen LogP contribution in [0.5, 0.6) is 5.75 Å². The molecule has 6 nitrogen and oxygen atoms in total. The van der Waals surface area contributed by atoms with Crippen molar-refractivity contribution in [3.8, 4) is 5.75 Å². The van der Waals surface area contributed by atoms with Crippen molar-refractivity contribution in [2.45, 2.75) is 32.7 Å². The van der Waals surface area contributed by atoms with E-state index in [2.05, 4.69) is 10.1 Å². The standard InChI is InChI=1S/C22H21F3N2O4/c1-13(2)18(27-20(29)16-5-3-4-6-17(16)21(27)30)19(28)26-12-11-14-7-9-15(10-8-14)31-22(23,24)25/h3-10,13,18H,11-12H2,1-2H3,(H,26,28). The Morgan fingerprint density at radius 1 is 1.00 bits per heavy atom. The number of amides is 3. The highest BCUT2D eigenvalue weighted by Gasteiger charge is 2.43. The largest absolute Gasteiger partial charge is 0.573 e. The van der Waals surface area contributed by atoms with Crippen molar-refractivity contribution < 1.29 is 32.3 Å². The molecule has 1 N–H and O–H groups in total. The zero-order chi connectivity index (χ0) is 22.8. The SMILES string of the molecule is CC(C)C(C(=O)NCCc1ccc(OC(F)(F)F)cc1)N1C(=O)c2ccccc2C1=O. The molecule has 0 spiro atoms. The summed E-state index contributed by atoms with van der Waals surface area (Å²) in [7, 11) is 0. The summed E-state index contributed by atoms with van der Waals surface area (Å²) < 4.78 is 40.5. The summed E-state index contributed by atoms with van der Waals surface area (Å²) in [5.41, 5.74) is 1.23. The lowest BCUT2D eigenvalue weighted by molar-refractivity contribution is -0.274. The number of nitrogens with one attached hydrogen (secondary N) is 1. The van der Waals surface area contributed by atoms with Gasteiger partial charge < -0.3 is 10.1 Å². The summed E-state index contributed by atoms with van der Waals surface area (Å²) in [4.78, 5) is 39.2. The van der Waals surface area contributed by atoms with Crippen LogP contribution in [0, 0.1) is 5.92 Å². The zero-order valence-electron chi connectivity index (χ0n) is 16.9. The van der Waals surface area contributed by atoms with Crippen molar-refractivity contribution in [2.75, 3.05) is 6.54 Å². The van der Waals surface area contributed by atoms with Gasteiger partial charge in [-0.1, -0.05) is 38.1 Å². The van der Waals surface area contributed by atoms with Gasteiger partial charge in [-0.15, -0.1) is 13.2 Å². The molecule has 0 radical (unpaired) electrons. The fourth-order valence-electron chi connectivity index (χ4n) is 3.47. The van der Waals surface area contributed by atoms with Crippen molar-refractivity contribution in [3.05, 3.63) is 65.2 Å². The summed E-state index contributed by atoms with van der Waals surface area (Å²) in [5.74, 6) is -2.13. The Bertz CT molecular complexity index is 952. The topological polar surface area (TPSA) is 75.7 Å². The summed E-state index contributed by atoms with van der Waals surface area (Å²) >= 11 is 0. The molecule has 1 heterocycles. The lowest BCUT2D eigenvalue weighted by atomic mass is 10.0. The molecule has 0 aromatic heterocycles. The average molecular weight is 434 g/mol. The zero-order valence-corrected chi connectivity index (χ0v) is 16.9. The maximum absolute atomic E-state index is 12.8. The van der Waals surface area contributed by atoms with Gasteiger partial charge in [-0.2, -0.15) is 0 Å². The summed E-state index contributed by atoms with van der Waals surface area (Å²) in [5, 5.41) is 2.71. The molecule has 9 heteroatoms. The van der Waals surface area contributed by atoms with Gasteiger partial charge in [0, 0.05) is 6.54 Å². The van der Waals surface area contributed by atoms with Gasteiger partial charge in [-0.05, 0) is 42.2 Å². The molecule has 3 amide bonds. The molecule has 3 rings (SSSR count). The number of nitrogens with zero attached hydrogens (tertiary/aromatic N) is 1. The van der Waals surface area contributed by atoms with Crippen LogP contribution >= 0.6 is 0 Å². The van der Waals surface area contributed by atoms with Gasteiger partial charge in [0.2, 0.25) is 5.91 Å². The van der Waals surface area contributed by atoms with Crippen LogP contribution in [-0.4, -0.2) is 41.6 Å². The highest BCUT2D eigenvalue weighted by molar-refractivity contribution is 6.22. The number of fused-ring (bicyclic) bond motifs is 1. The maximum atomic E-state index is 12.8. The number of hydrogen-bond donors (Lipinski definition) is 1. The Balaban J connectivity index is 1.62. The lowest BCUT2D eigenvalue weighted by Gasteiger charge is -2.28. The van der Waals surface area contributed by atoms with E-state index in [1.807, 2.05) is 0 Å². The second-order valence-corrected chi connectivity index (χ2v) is 7.45. The van der Waals surface area contributed by atoms with Gasteiger partial charge in [0.05, 0.1) is 11.1 Å². The first kappa shape index (κ1) is 22.3. The summed E-state index contributed by atoms with van der Waals surface area (Å²) in [6.07, 6.45) is -4.41. The van der Waals surface area contributed by atoms with Crippen LogP contribution < -0.4 is 10.1 Å². The molecular weight excluding hydrogens is 413 g/mol. The molecule has 0 aliphatic carbocycles. The van der Waals surface area contributed by atoms with Crippen LogP contribution in [0.4, 0.5) is 13.2 Å². The summed E-state index contributed by atoms with van der Waals surface area (Å²) in [6, 6.07) is 10.8. The van der Waals surface area contributed by atoms with Crippen LogP contribution in [0.25, 0.3) is 0 Å². The second-order valence-electron chi connectivity index (χ2n) is 7.45. The monoisotopic (exact) mass is 434 g/mol. The number of ether oxygens (including phenoxy) is 1. The van der Waals surface area contributed by atoms with E-state index in [0.717, 1.165) is 4.90 Å². The molecule has 1 unspecified atom stereocenters. The average Bonchev–Trinajstić information content (AvgIpc) is 2.94. The number of rotatable bonds is 7. The van der Waals surface area contributed by atoms with E-state index in [9.17, 15) is 27.6 Å². The van der Waals surface area contributed by atoms with Crippen LogP contribution in [0.1, 0.15) is 40.1 Å². The predicted molar refractivity (Wildman–Crippen MR) is 105 cm³/mol. The lowest BCUT2D eigenvalue weighted by Crippen LogP contribution is -2.52. The van der Waals surface area contributed by atoms with Gasteiger partial charge in [0.25, 0.3) is 11.8 Å².